The van der Waals surface area contributed by atoms with Gasteiger partial charge in [0.1, 0.15) is 0 Å². The van der Waals surface area contributed by atoms with Crippen molar-refractivity contribution in [1.82, 2.24) is 0 Å². The molecule has 0 atom stereocenters. The van der Waals surface area contributed by atoms with Crippen LogP contribution < -0.4 is 10.2 Å². The first kappa shape index (κ1) is 16.5. The summed E-state index contributed by atoms with van der Waals surface area (Å²) in [6.07, 6.45) is 5.23. The number of unbranched alkanes of at least 4 members (excludes halogenated alkanes) is 5. The predicted octanol–water partition coefficient (Wildman–Crippen LogP) is -0.774. The third kappa shape index (κ3) is 15.8. The number of carboxylic acids is 2. The minimum absolute atomic E-state index is 0. The van der Waals surface area contributed by atoms with Crippen molar-refractivity contribution in [3.8, 4) is 0 Å². The Hall–Kier alpha value is -0.891. The topological polar surface area (TPSA) is 80.3 Å². The standard InChI is InChI=1S/C10H18O4.Be/c11-9(12)7-5-3-1-2-4-6-8-10(13)14;/h1-8H2,(H,11,12)(H,13,14);/q;+2/p-2. The Labute approximate surface area is 93.9 Å². The minimum atomic E-state index is -0.998. The fourth-order valence-corrected chi connectivity index (χ4v) is 1.25. The average Bonchev–Trinajstić information content (AvgIpc) is 2.08. The van der Waals surface area contributed by atoms with E-state index in [1.165, 1.54) is 0 Å². The van der Waals surface area contributed by atoms with Crippen molar-refractivity contribution in [2.45, 2.75) is 51.4 Å². The van der Waals surface area contributed by atoms with Gasteiger partial charge < -0.3 is 19.8 Å². The molecule has 0 spiro atoms. The van der Waals surface area contributed by atoms with Gasteiger partial charge in [0.25, 0.3) is 0 Å². The molecular formula is C10H16BeO4. The monoisotopic (exact) mass is 209 g/mol. The maximum absolute atomic E-state index is 10.0. The van der Waals surface area contributed by atoms with Gasteiger partial charge in [-0.1, -0.05) is 25.7 Å². The summed E-state index contributed by atoms with van der Waals surface area (Å²) in [5, 5.41) is 20.1. The van der Waals surface area contributed by atoms with E-state index in [1.807, 2.05) is 0 Å². The molecule has 0 fully saturated rings. The van der Waals surface area contributed by atoms with Crippen LogP contribution in [0.1, 0.15) is 51.4 Å². The molecule has 0 unspecified atom stereocenters. The van der Waals surface area contributed by atoms with Crippen molar-refractivity contribution in [2.75, 3.05) is 0 Å². The number of carbonyl (C=O) groups is 2. The molecule has 0 aliphatic rings. The van der Waals surface area contributed by atoms with Gasteiger partial charge in [0.15, 0.2) is 0 Å². The van der Waals surface area contributed by atoms with Gasteiger partial charge in [0, 0.05) is 11.9 Å². The van der Waals surface area contributed by atoms with Crippen LogP contribution in [0.3, 0.4) is 0 Å². The Bertz CT molecular complexity index is 162. The van der Waals surface area contributed by atoms with Gasteiger partial charge in [-0.2, -0.15) is 0 Å². The fraction of sp³-hybridized carbons (Fsp3) is 0.800. The van der Waals surface area contributed by atoms with Crippen LogP contribution in [0.4, 0.5) is 0 Å². The molecule has 4 nitrogen and oxygen atoms in total. The summed E-state index contributed by atoms with van der Waals surface area (Å²) in [5.74, 6) is -2.00. The Morgan fingerprint density at radius 3 is 1.20 bits per heavy atom. The molecule has 0 aliphatic heterocycles. The zero-order valence-electron chi connectivity index (χ0n) is 9.00. The minimum Gasteiger partial charge on any atom is -0.550 e. The molecule has 82 valence electrons. The molecule has 0 aromatic heterocycles. The van der Waals surface area contributed by atoms with Gasteiger partial charge in [0.2, 0.25) is 0 Å². The SMILES string of the molecule is O=C([O-])CCCCCCCCC(=O)[O-].[Be+2]. The molecule has 0 radical (unpaired) electrons. The molecule has 0 aromatic carbocycles. The van der Waals surface area contributed by atoms with E-state index in [0.29, 0.717) is 12.8 Å². The van der Waals surface area contributed by atoms with E-state index in [0.717, 1.165) is 25.7 Å². The maximum atomic E-state index is 10.0. The first-order chi connectivity index (χ1) is 6.63. The van der Waals surface area contributed by atoms with E-state index < -0.39 is 11.9 Å². The normalized spacial score (nSPS) is 9.33. The van der Waals surface area contributed by atoms with Gasteiger partial charge in [-0.25, -0.2) is 0 Å². The summed E-state index contributed by atoms with van der Waals surface area (Å²) in [5.41, 5.74) is 0. The van der Waals surface area contributed by atoms with Crippen LogP contribution in [-0.4, -0.2) is 22.1 Å². The third-order valence-corrected chi connectivity index (χ3v) is 2.01. The summed E-state index contributed by atoms with van der Waals surface area (Å²) in [6, 6.07) is 0. The van der Waals surface area contributed by atoms with E-state index in [9.17, 15) is 19.8 Å². The van der Waals surface area contributed by atoms with Crippen molar-refractivity contribution in [2.24, 2.45) is 0 Å². The molecule has 0 N–H and O–H groups in total. The summed E-state index contributed by atoms with van der Waals surface area (Å²) in [6.45, 7) is 0. The van der Waals surface area contributed by atoms with Gasteiger partial charge in [0.05, 0.1) is 0 Å². The molecule has 0 aliphatic carbocycles. The van der Waals surface area contributed by atoms with Crippen molar-refractivity contribution < 1.29 is 19.8 Å². The molecule has 0 bridgehead atoms. The van der Waals surface area contributed by atoms with Crippen LogP contribution in [0, 0.1) is 0 Å². The number of carbonyl (C=O) groups excluding carboxylic acids is 2. The van der Waals surface area contributed by atoms with Gasteiger partial charge >= 0.3 is 10.1 Å². The molecule has 5 heteroatoms. The second kappa shape index (κ2) is 11.2. The number of aliphatic carboxylic acids is 2. The van der Waals surface area contributed by atoms with E-state index in [-0.39, 0.29) is 23.0 Å². The van der Waals surface area contributed by atoms with E-state index in [4.69, 9.17) is 0 Å². The summed E-state index contributed by atoms with van der Waals surface area (Å²) in [4.78, 5) is 20.1. The predicted molar refractivity (Wildman–Crippen MR) is 52.7 cm³/mol. The summed E-state index contributed by atoms with van der Waals surface area (Å²) < 4.78 is 0. The second-order valence-electron chi connectivity index (χ2n) is 3.37. The zero-order chi connectivity index (χ0) is 10.8. The molecule has 0 saturated carbocycles. The van der Waals surface area contributed by atoms with Gasteiger partial charge in [-0.15, -0.1) is 0 Å². The number of rotatable bonds is 9. The van der Waals surface area contributed by atoms with E-state index >= 15 is 0 Å². The van der Waals surface area contributed by atoms with Gasteiger partial charge in [-0.3, -0.25) is 0 Å². The smallest absolute Gasteiger partial charge is 0.550 e. The number of carboxylic acid groups (broad SMARTS) is 2. The van der Waals surface area contributed by atoms with Crippen molar-refractivity contribution in [3.63, 3.8) is 0 Å². The maximum Gasteiger partial charge on any atom is 2.00 e. The van der Waals surface area contributed by atoms with Crippen molar-refractivity contribution >= 4 is 22.1 Å². The Morgan fingerprint density at radius 2 is 0.933 bits per heavy atom. The first-order valence-electron chi connectivity index (χ1n) is 5.02. The van der Waals surface area contributed by atoms with Gasteiger partial charge in [-0.05, 0) is 25.7 Å². The van der Waals surface area contributed by atoms with Crippen molar-refractivity contribution in [1.29, 1.82) is 0 Å². The van der Waals surface area contributed by atoms with Crippen LogP contribution in [-0.2, 0) is 9.59 Å². The average molecular weight is 209 g/mol. The number of hydrogen-bond acceptors (Lipinski definition) is 4. The Balaban J connectivity index is 0. The van der Waals surface area contributed by atoms with E-state index in [2.05, 4.69) is 0 Å². The van der Waals surface area contributed by atoms with Crippen LogP contribution in [0.25, 0.3) is 0 Å². The third-order valence-electron chi connectivity index (χ3n) is 2.01. The molecular weight excluding hydrogens is 193 g/mol. The largest absolute Gasteiger partial charge is 2.00 e. The van der Waals surface area contributed by atoms with Crippen molar-refractivity contribution in [3.05, 3.63) is 0 Å². The van der Waals surface area contributed by atoms with Crippen LogP contribution in [0.5, 0.6) is 0 Å². The Kier molecular flexibility index (Phi) is 12.3. The second-order valence-corrected chi connectivity index (χ2v) is 3.37. The van der Waals surface area contributed by atoms with E-state index in [1.54, 1.807) is 0 Å². The zero-order valence-corrected chi connectivity index (χ0v) is 9.00. The van der Waals surface area contributed by atoms with Crippen LogP contribution >= 0.6 is 0 Å². The summed E-state index contributed by atoms with van der Waals surface area (Å²) >= 11 is 0. The fourth-order valence-electron chi connectivity index (χ4n) is 1.25. The Morgan fingerprint density at radius 1 is 0.667 bits per heavy atom. The summed E-state index contributed by atoms with van der Waals surface area (Å²) in [7, 11) is 0. The van der Waals surface area contributed by atoms with Crippen LogP contribution in [0.15, 0.2) is 0 Å². The molecule has 0 amide bonds. The molecule has 15 heavy (non-hydrogen) atoms. The van der Waals surface area contributed by atoms with Crippen LogP contribution in [0.2, 0.25) is 0 Å². The first-order valence-corrected chi connectivity index (χ1v) is 5.02. The quantitative estimate of drug-likeness (QED) is 0.369. The molecule has 0 rings (SSSR count). The molecule has 0 saturated heterocycles. The molecule has 0 aromatic rings. The molecule has 0 heterocycles. The number of hydrogen-bond donors (Lipinski definition) is 0.